The highest BCUT2D eigenvalue weighted by Gasteiger charge is 2.30. The maximum Gasteiger partial charge on any atom is 0.270 e. The van der Waals surface area contributed by atoms with E-state index in [4.69, 9.17) is 4.52 Å². The van der Waals surface area contributed by atoms with Gasteiger partial charge in [0.1, 0.15) is 10.6 Å². The quantitative estimate of drug-likeness (QED) is 0.577. The van der Waals surface area contributed by atoms with Crippen molar-refractivity contribution in [1.29, 1.82) is 0 Å². The van der Waals surface area contributed by atoms with Gasteiger partial charge in [0.25, 0.3) is 5.91 Å². The molecule has 5 heterocycles. The molecule has 2 aliphatic heterocycles. The van der Waals surface area contributed by atoms with Gasteiger partial charge in [-0.05, 0) is 30.4 Å². The number of carbonyl (C=O) groups is 1. The summed E-state index contributed by atoms with van der Waals surface area (Å²) in [5, 5.41) is 6.00. The van der Waals surface area contributed by atoms with Crippen molar-refractivity contribution < 1.29 is 17.7 Å². The second-order valence-electron chi connectivity index (χ2n) is 7.92. The highest BCUT2D eigenvalue weighted by Crippen LogP contribution is 2.23. The van der Waals surface area contributed by atoms with Crippen LogP contribution in [0.1, 0.15) is 29.2 Å². The maximum absolute atomic E-state index is 12.9. The fraction of sp³-hybridized carbons (Fsp3) is 0.450. The van der Waals surface area contributed by atoms with Crippen LogP contribution >= 0.6 is 11.3 Å². The molecule has 12 heteroatoms. The minimum atomic E-state index is -3.54. The number of hydrogen-bond acceptors (Lipinski definition) is 8. The highest BCUT2D eigenvalue weighted by molar-refractivity contribution is 7.89. The van der Waals surface area contributed by atoms with Crippen LogP contribution in [-0.4, -0.2) is 82.8 Å². The first kappa shape index (κ1) is 21.3. The van der Waals surface area contributed by atoms with E-state index in [-0.39, 0.29) is 10.8 Å². The van der Waals surface area contributed by atoms with E-state index in [1.807, 2.05) is 17.5 Å². The standard InChI is InChI=1S/C20H24N6O4S2/c27-20(16-12-15(13-21-16)32(28,29)26-5-1-2-6-26)25-9-7-24(8-10-25)14-18-22-19(23-30-18)17-4-3-11-31-17/h3-4,11-13,21H,1-2,5-10,14H2. The van der Waals surface area contributed by atoms with E-state index >= 15 is 0 Å². The smallest absolute Gasteiger partial charge is 0.270 e. The average molecular weight is 477 g/mol. The number of carbonyl (C=O) groups excluding carboxylic acids is 1. The molecule has 3 aromatic heterocycles. The summed E-state index contributed by atoms with van der Waals surface area (Å²) in [5.74, 6) is 0.954. The Balaban J connectivity index is 1.17. The zero-order valence-corrected chi connectivity index (χ0v) is 19.1. The van der Waals surface area contributed by atoms with Gasteiger partial charge in [-0.2, -0.15) is 9.29 Å². The average Bonchev–Trinajstić information content (AvgIpc) is 3.60. The molecule has 0 aromatic carbocycles. The molecule has 0 atom stereocenters. The van der Waals surface area contributed by atoms with Gasteiger partial charge in [0.15, 0.2) is 0 Å². The van der Waals surface area contributed by atoms with E-state index in [0.29, 0.717) is 63.2 Å². The number of aromatic nitrogens is 3. The number of H-pyrrole nitrogens is 1. The number of rotatable bonds is 6. The first-order chi connectivity index (χ1) is 15.5. The Labute approximate surface area is 189 Å². The lowest BCUT2D eigenvalue weighted by Crippen LogP contribution is -2.48. The minimum Gasteiger partial charge on any atom is -0.356 e. The molecule has 1 N–H and O–H groups in total. The number of sulfonamides is 1. The SMILES string of the molecule is O=C(c1cc(S(=O)(=O)N2CCCC2)c[nH]1)N1CCN(Cc2nc(-c3cccs3)no2)CC1. The van der Waals surface area contributed by atoms with Gasteiger partial charge in [0, 0.05) is 45.5 Å². The topological polar surface area (TPSA) is 116 Å². The molecule has 0 radical (unpaired) electrons. The third-order valence-electron chi connectivity index (χ3n) is 5.82. The van der Waals surface area contributed by atoms with Crippen LogP contribution in [0.15, 0.2) is 39.2 Å². The Morgan fingerprint density at radius 1 is 1.16 bits per heavy atom. The van der Waals surface area contributed by atoms with E-state index in [1.54, 1.807) is 16.2 Å². The van der Waals surface area contributed by atoms with E-state index in [9.17, 15) is 13.2 Å². The number of hydrogen-bond donors (Lipinski definition) is 1. The van der Waals surface area contributed by atoms with Crippen LogP contribution < -0.4 is 0 Å². The molecule has 0 aliphatic carbocycles. The lowest BCUT2D eigenvalue weighted by Gasteiger charge is -2.33. The molecule has 0 unspecified atom stereocenters. The molecule has 10 nitrogen and oxygen atoms in total. The van der Waals surface area contributed by atoms with Gasteiger partial charge in [-0.3, -0.25) is 9.69 Å². The molecule has 0 bridgehead atoms. The maximum atomic E-state index is 12.9. The molecule has 0 spiro atoms. The largest absolute Gasteiger partial charge is 0.356 e. The van der Waals surface area contributed by atoms with E-state index in [2.05, 4.69) is 20.0 Å². The van der Waals surface area contributed by atoms with Crippen molar-refractivity contribution in [3.05, 3.63) is 41.4 Å². The van der Waals surface area contributed by atoms with Crippen LogP contribution in [0.5, 0.6) is 0 Å². The summed E-state index contributed by atoms with van der Waals surface area (Å²) in [6, 6.07) is 5.35. The van der Waals surface area contributed by atoms with Gasteiger partial charge in [0.2, 0.25) is 21.7 Å². The summed E-state index contributed by atoms with van der Waals surface area (Å²) in [6.45, 7) is 4.02. The molecule has 32 heavy (non-hydrogen) atoms. The van der Waals surface area contributed by atoms with Crippen LogP contribution in [0.4, 0.5) is 0 Å². The number of aromatic amines is 1. The van der Waals surface area contributed by atoms with E-state index < -0.39 is 10.0 Å². The molecule has 0 saturated carbocycles. The van der Waals surface area contributed by atoms with Crippen molar-refractivity contribution in [3.63, 3.8) is 0 Å². The number of piperazine rings is 1. The van der Waals surface area contributed by atoms with E-state index in [0.717, 1.165) is 17.7 Å². The van der Waals surface area contributed by atoms with Crippen LogP contribution in [0.2, 0.25) is 0 Å². The van der Waals surface area contributed by atoms with Gasteiger partial charge < -0.3 is 14.4 Å². The van der Waals surface area contributed by atoms with Gasteiger partial charge in [-0.15, -0.1) is 11.3 Å². The van der Waals surface area contributed by atoms with Crippen molar-refractivity contribution >= 4 is 27.3 Å². The van der Waals surface area contributed by atoms with Crippen molar-refractivity contribution in [1.82, 2.24) is 29.2 Å². The molecule has 5 rings (SSSR count). The second-order valence-corrected chi connectivity index (χ2v) is 10.8. The Bertz CT molecular complexity index is 1170. The molecular formula is C20H24N6O4S2. The molecule has 2 aliphatic rings. The summed E-state index contributed by atoms with van der Waals surface area (Å²) in [7, 11) is -3.54. The van der Waals surface area contributed by atoms with Crippen molar-refractivity contribution in [2.24, 2.45) is 0 Å². The molecule has 1 amide bonds. The molecular weight excluding hydrogens is 452 g/mol. The first-order valence-corrected chi connectivity index (χ1v) is 12.9. The van der Waals surface area contributed by atoms with Gasteiger partial charge >= 0.3 is 0 Å². The predicted molar refractivity (Wildman–Crippen MR) is 118 cm³/mol. The van der Waals surface area contributed by atoms with Gasteiger partial charge in [-0.25, -0.2) is 8.42 Å². The summed E-state index contributed by atoms with van der Waals surface area (Å²) in [6.07, 6.45) is 3.16. The monoisotopic (exact) mass is 476 g/mol. The van der Waals surface area contributed by atoms with Crippen LogP contribution in [-0.2, 0) is 16.6 Å². The molecule has 2 saturated heterocycles. The Kier molecular flexibility index (Phi) is 5.84. The Hall–Kier alpha value is -2.54. The summed E-state index contributed by atoms with van der Waals surface area (Å²) < 4.78 is 32.2. The fourth-order valence-corrected chi connectivity index (χ4v) is 6.18. The lowest BCUT2D eigenvalue weighted by molar-refractivity contribution is 0.0610. The minimum absolute atomic E-state index is 0.152. The van der Waals surface area contributed by atoms with Gasteiger partial charge in [0.05, 0.1) is 11.4 Å². The van der Waals surface area contributed by atoms with Crippen LogP contribution in [0, 0.1) is 0 Å². The normalized spacial score (nSPS) is 18.4. The summed E-state index contributed by atoms with van der Waals surface area (Å²) in [5.41, 5.74) is 0.300. The molecule has 170 valence electrons. The molecule has 2 fully saturated rings. The second kappa shape index (κ2) is 8.77. The van der Waals surface area contributed by atoms with Crippen LogP contribution in [0.25, 0.3) is 10.7 Å². The third-order valence-corrected chi connectivity index (χ3v) is 8.56. The van der Waals surface area contributed by atoms with Crippen molar-refractivity contribution in [2.75, 3.05) is 39.3 Å². The number of nitrogens with one attached hydrogen (secondary N) is 1. The zero-order valence-electron chi connectivity index (χ0n) is 17.4. The number of amides is 1. The van der Waals surface area contributed by atoms with Gasteiger partial charge in [-0.1, -0.05) is 11.2 Å². The predicted octanol–water partition coefficient (Wildman–Crippen LogP) is 1.87. The van der Waals surface area contributed by atoms with E-state index in [1.165, 1.54) is 16.6 Å². The summed E-state index contributed by atoms with van der Waals surface area (Å²) >= 11 is 1.56. The third kappa shape index (κ3) is 4.22. The zero-order chi connectivity index (χ0) is 22.1. The Morgan fingerprint density at radius 2 is 1.94 bits per heavy atom. The van der Waals surface area contributed by atoms with Crippen molar-refractivity contribution in [3.8, 4) is 10.7 Å². The van der Waals surface area contributed by atoms with Crippen LogP contribution in [0.3, 0.4) is 0 Å². The fourth-order valence-electron chi connectivity index (χ4n) is 4.02. The highest BCUT2D eigenvalue weighted by atomic mass is 32.2. The molecule has 3 aromatic rings. The Morgan fingerprint density at radius 3 is 2.66 bits per heavy atom. The number of nitrogens with zero attached hydrogens (tertiary/aromatic N) is 5. The summed E-state index contributed by atoms with van der Waals surface area (Å²) in [4.78, 5) is 25.2. The number of thiophene rings is 1. The lowest BCUT2D eigenvalue weighted by atomic mass is 10.2. The first-order valence-electron chi connectivity index (χ1n) is 10.6. The van der Waals surface area contributed by atoms with Crippen molar-refractivity contribution in [2.45, 2.75) is 24.3 Å².